The summed E-state index contributed by atoms with van der Waals surface area (Å²) in [5.41, 5.74) is 3.28. The smallest absolute Gasteiger partial charge is 0.266 e. The molecule has 232 valence electrons. The Morgan fingerprint density at radius 2 is 1.96 bits per heavy atom. The minimum absolute atomic E-state index is 0.180. The van der Waals surface area contributed by atoms with Crippen molar-refractivity contribution in [1.82, 2.24) is 14.7 Å². The highest BCUT2D eigenvalue weighted by Crippen LogP contribution is 2.40. The molecule has 0 saturated heterocycles. The fraction of sp³-hybridized carbons (Fsp3) is 0.233. The van der Waals surface area contributed by atoms with E-state index in [1.54, 1.807) is 36.5 Å². The van der Waals surface area contributed by atoms with Crippen molar-refractivity contribution in [3.63, 3.8) is 0 Å². The molecule has 0 aliphatic carbocycles. The third-order valence-electron chi connectivity index (χ3n) is 7.42. The number of benzene rings is 1. The molecule has 2 N–H and O–H groups in total. The minimum Gasteiger partial charge on any atom is -0.493 e. The zero-order valence-corrected chi connectivity index (χ0v) is 25.8. The molecule has 5 heterocycles. The predicted octanol–water partition coefficient (Wildman–Crippen LogP) is 3.60. The first-order valence-corrected chi connectivity index (χ1v) is 16.0. The Morgan fingerprint density at radius 1 is 1.18 bits per heavy atom. The number of hydrogen-bond donors (Lipinski definition) is 2. The number of rotatable bonds is 7. The molecule has 4 aromatic rings. The van der Waals surface area contributed by atoms with Crippen LogP contribution < -0.4 is 24.6 Å². The van der Waals surface area contributed by atoms with E-state index in [4.69, 9.17) is 16.3 Å². The second-order valence-electron chi connectivity index (χ2n) is 10.4. The second kappa shape index (κ2) is 11.9. The number of fused-ring (bicyclic) bond motifs is 3. The van der Waals surface area contributed by atoms with Crippen LogP contribution in [0.2, 0.25) is 5.15 Å². The van der Waals surface area contributed by atoms with E-state index in [1.807, 2.05) is 18.7 Å². The van der Waals surface area contributed by atoms with Crippen molar-refractivity contribution in [3.05, 3.63) is 93.8 Å². The van der Waals surface area contributed by atoms with Crippen LogP contribution in [0.5, 0.6) is 5.75 Å². The molecule has 0 fully saturated rings. The molecule has 13 nitrogen and oxygen atoms in total. The van der Waals surface area contributed by atoms with Crippen LogP contribution in [0.25, 0.3) is 0 Å². The quantitative estimate of drug-likeness (QED) is 0.225. The number of sulfonamides is 1. The maximum Gasteiger partial charge on any atom is 0.266 e. The monoisotopic (exact) mass is 649 g/mol. The Labute approximate surface area is 263 Å². The number of carbonyl (C=O) groups excluding carboxylic acids is 2. The van der Waals surface area contributed by atoms with E-state index in [-0.39, 0.29) is 23.6 Å². The van der Waals surface area contributed by atoms with Crippen LogP contribution in [0.15, 0.2) is 66.0 Å². The van der Waals surface area contributed by atoms with Crippen LogP contribution in [0.1, 0.15) is 34.0 Å². The maximum absolute atomic E-state index is 13.3. The normalized spacial score (nSPS) is 14.6. The first-order chi connectivity index (χ1) is 21.5. The Balaban J connectivity index is 1.18. The first-order valence-electron chi connectivity index (χ1n) is 14.0. The van der Waals surface area contributed by atoms with Gasteiger partial charge in [0.05, 0.1) is 28.9 Å². The molecule has 0 bridgehead atoms. The lowest BCUT2D eigenvalue weighted by Crippen LogP contribution is -2.32. The Morgan fingerprint density at radius 3 is 2.71 bits per heavy atom. The molecule has 2 aliphatic rings. The lowest BCUT2D eigenvalue weighted by Gasteiger charge is -2.23. The van der Waals surface area contributed by atoms with E-state index in [2.05, 4.69) is 20.3 Å². The SMILES string of the molecule is CCN1c2ncc(CCOc3cccc4c3CS(=O)(=O)N4CC(=O)N=c3ccn(O)cc3)cc2C(=O)Nc2c(C)cc(Cl)nc21. The van der Waals surface area contributed by atoms with Crippen molar-refractivity contribution in [3.8, 4) is 5.75 Å². The molecule has 0 saturated carbocycles. The lowest BCUT2D eigenvalue weighted by atomic mass is 10.1. The lowest BCUT2D eigenvalue weighted by molar-refractivity contribution is -0.116. The number of nitrogens with zero attached hydrogens (tertiary/aromatic N) is 6. The fourth-order valence-corrected chi connectivity index (χ4v) is 7.13. The molecule has 15 heteroatoms. The van der Waals surface area contributed by atoms with Gasteiger partial charge in [-0.15, -0.1) is 0 Å². The minimum atomic E-state index is -3.84. The number of aromatic nitrogens is 3. The summed E-state index contributed by atoms with van der Waals surface area (Å²) in [5.74, 6) is 0.0605. The van der Waals surface area contributed by atoms with Crippen molar-refractivity contribution >= 4 is 56.4 Å². The van der Waals surface area contributed by atoms with E-state index < -0.39 is 22.5 Å². The van der Waals surface area contributed by atoms with Gasteiger partial charge in [0.1, 0.15) is 29.0 Å². The third-order valence-corrected chi connectivity index (χ3v) is 9.26. The molecular formula is C30H28ClN7O6S. The van der Waals surface area contributed by atoms with E-state index >= 15 is 0 Å². The highest BCUT2D eigenvalue weighted by molar-refractivity contribution is 7.92. The highest BCUT2D eigenvalue weighted by Gasteiger charge is 2.36. The molecule has 0 atom stereocenters. The molecule has 6 rings (SSSR count). The van der Waals surface area contributed by atoms with Gasteiger partial charge in [-0.05, 0) is 61.4 Å². The summed E-state index contributed by atoms with van der Waals surface area (Å²) in [6.07, 6.45) is 4.67. The van der Waals surface area contributed by atoms with Gasteiger partial charge in [0.25, 0.3) is 11.8 Å². The molecule has 2 amide bonds. The molecular weight excluding hydrogens is 622 g/mol. The van der Waals surface area contributed by atoms with Gasteiger partial charge >= 0.3 is 0 Å². The molecule has 1 aromatic carbocycles. The number of halogens is 1. The van der Waals surface area contributed by atoms with Crippen molar-refractivity contribution in [2.24, 2.45) is 4.99 Å². The summed E-state index contributed by atoms with van der Waals surface area (Å²) in [6.45, 7) is 3.99. The van der Waals surface area contributed by atoms with Crippen molar-refractivity contribution in [1.29, 1.82) is 0 Å². The van der Waals surface area contributed by atoms with Gasteiger partial charge in [0, 0.05) is 37.1 Å². The maximum atomic E-state index is 13.3. The average Bonchev–Trinajstić information content (AvgIpc) is 3.18. The Kier molecular flexibility index (Phi) is 7.93. The largest absolute Gasteiger partial charge is 0.493 e. The Hall–Kier alpha value is -4.95. The Bertz CT molecular complexity index is 2010. The molecule has 0 spiro atoms. The fourth-order valence-electron chi connectivity index (χ4n) is 5.29. The van der Waals surface area contributed by atoms with Gasteiger partial charge in [-0.1, -0.05) is 17.7 Å². The third kappa shape index (κ3) is 5.93. The summed E-state index contributed by atoms with van der Waals surface area (Å²) >= 11 is 6.22. The summed E-state index contributed by atoms with van der Waals surface area (Å²) in [5, 5.41) is 12.9. The zero-order chi connectivity index (χ0) is 31.9. The van der Waals surface area contributed by atoms with Crippen LogP contribution in [-0.4, -0.2) is 59.8 Å². The topological polar surface area (TPSA) is 159 Å². The summed E-state index contributed by atoms with van der Waals surface area (Å²) < 4.78 is 34.0. The van der Waals surface area contributed by atoms with Crippen LogP contribution in [0, 0.1) is 6.92 Å². The van der Waals surface area contributed by atoms with Crippen molar-refractivity contribution < 1.29 is 28.0 Å². The number of nitrogens with one attached hydrogen (secondary N) is 1. The summed E-state index contributed by atoms with van der Waals surface area (Å²) in [4.78, 5) is 40.7. The summed E-state index contributed by atoms with van der Waals surface area (Å²) in [6, 6.07) is 11.3. The second-order valence-corrected chi connectivity index (χ2v) is 12.7. The van der Waals surface area contributed by atoms with Gasteiger partial charge in [-0.3, -0.25) is 13.9 Å². The standard InChI is InChI=1S/C30H28ClN7O6S/c1-3-37-28-21(30(40)35-27-18(2)13-25(31)34-29(27)37)14-19(15-32-28)9-12-44-24-6-4-5-23-22(24)17-45(42,43)38(23)16-26(39)33-20-7-10-36(41)11-8-20/h4-8,10-11,13-15,41H,3,9,12,16-17H2,1-2H3,(H,35,40). The first kappa shape index (κ1) is 30.1. The molecule has 0 radical (unpaired) electrons. The van der Waals surface area contributed by atoms with Crippen LogP contribution in [0.4, 0.5) is 23.0 Å². The number of hydrogen-bond acceptors (Lipinski definition) is 9. The number of ether oxygens (including phenoxy) is 1. The van der Waals surface area contributed by atoms with Gasteiger partial charge in [0.2, 0.25) is 10.0 Å². The molecule has 2 aliphatic heterocycles. The molecule has 3 aromatic heterocycles. The number of carbonyl (C=O) groups is 2. The van der Waals surface area contributed by atoms with E-state index in [0.29, 0.717) is 58.0 Å². The van der Waals surface area contributed by atoms with Gasteiger partial charge in [-0.25, -0.2) is 28.1 Å². The molecule has 45 heavy (non-hydrogen) atoms. The number of amides is 2. The number of aryl methyl sites for hydroxylation is 1. The van der Waals surface area contributed by atoms with E-state index in [9.17, 15) is 23.2 Å². The van der Waals surface area contributed by atoms with Crippen molar-refractivity contribution in [2.75, 3.05) is 34.2 Å². The average molecular weight is 650 g/mol. The van der Waals surface area contributed by atoms with Crippen LogP contribution in [-0.2, 0) is 27.0 Å². The van der Waals surface area contributed by atoms with Crippen molar-refractivity contribution in [2.45, 2.75) is 26.0 Å². The van der Waals surface area contributed by atoms with Gasteiger partial charge < -0.3 is 20.2 Å². The van der Waals surface area contributed by atoms with Crippen LogP contribution >= 0.6 is 11.6 Å². The highest BCUT2D eigenvalue weighted by atomic mass is 35.5. The molecule has 0 unspecified atom stereocenters. The number of pyridine rings is 3. The van der Waals surface area contributed by atoms with E-state index in [0.717, 1.165) is 20.2 Å². The number of anilines is 4. The zero-order valence-electron chi connectivity index (χ0n) is 24.3. The predicted molar refractivity (Wildman–Crippen MR) is 167 cm³/mol. The summed E-state index contributed by atoms with van der Waals surface area (Å²) in [7, 11) is -3.84. The van der Waals surface area contributed by atoms with E-state index in [1.165, 1.54) is 24.5 Å². The van der Waals surface area contributed by atoms with Gasteiger partial charge in [0.15, 0.2) is 5.82 Å². The van der Waals surface area contributed by atoms with Gasteiger partial charge in [-0.2, -0.15) is 0 Å². The van der Waals surface area contributed by atoms with Crippen LogP contribution in [0.3, 0.4) is 0 Å².